The molecule has 108 valence electrons. The van der Waals surface area contributed by atoms with Crippen molar-refractivity contribution in [3.8, 4) is 6.07 Å². The Morgan fingerprint density at radius 2 is 2.10 bits per heavy atom. The van der Waals surface area contributed by atoms with E-state index in [9.17, 15) is 13.2 Å². The van der Waals surface area contributed by atoms with E-state index in [-0.39, 0.29) is 33.9 Å². The third kappa shape index (κ3) is 3.95. The van der Waals surface area contributed by atoms with Crippen molar-refractivity contribution in [2.75, 3.05) is 19.8 Å². The van der Waals surface area contributed by atoms with Crippen LogP contribution in [0.25, 0.3) is 0 Å². The lowest BCUT2D eigenvalue weighted by Crippen LogP contribution is -2.30. The van der Waals surface area contributed by atoms with Crippen molar-refractivity contribution in [3.05, 3.63) is 28.8 Å². The molecule has 1 atom stereocenters. The minimum absolute atomic E-state index is 0.0771. The first-order valence-corrected chi connectivity index (χ1v) is 8.08. The highest BCUT2D eigenvalue weighted by Crippen LogP contribution is 2.23. The number of hydrogen-bond donors (Lipinski definition) is 0. The van der Waals surface area contributed by atoms with Crippen LogP contribution in [0.5, 0.6) is 0 Å². The smallest absolute Gasteiger partial charge is 0.253 e. The summed E-state index contributed by atoms with van der Waals surface area (Å²) in [6.07, 6.45) is 1.03. The van der Waals surface area contributed by atoms with E-state index in [1.807, 2.05) is 6.07 Å². The number of nitrogens with zero attached hydrogens (tertiary/aromatic N) is 2. The standard InChI is InChI=1S/C13H15ClN2O3S/c1-9(7-15)8-16(2)13(17)10-4-5-11(14)12(6-10)20(3,18)19/h4-6,9H,8H2,1-3H3. The number of nitriles is 1. The molecule has 0 saturated heterocycles. The molecule has 1 amide bonds. The molecule has 0 radical (unpaired) electrons. The molecule has 1 unspecified atom stereocenters. The number of sulfone groups is 1. The quantitative estimate of drug-likeness (QED) is 0.851. The highest BCUT2D eigenvalue weighted by molar-refractivity contribution is 7.90. The summed E-state index contributed by atoms with van der Waals surface area (Å²) < 4.78 is 23.1. The van der Waals surface area contributed by atoms with E-state index in [0.717, 1.165) is 6.26 Å². The Bertz CT molecular complexity index is 665. The summed E-state index contributed by atoms with van der Waals surface area (Å²) in [6.45, 7) is 1.97. The van der Waals surface area contributed by atoms with Gasteiger partial charge in [-0.3, -0.25) is 4.79 Å². The van der Waals surface area contributed by atoms with Crippen LogP contribution in [0, 0.1) is 17.2 Å². The maximum absolute atomic E-state index is 12.2. The molecule has 0 aromatic heterocycles. The van der Waals surface area contributed by atoms with Gasteiger partial charge in [0.15, 0.2) is 9.84 Å². The van der Waals surface area contributed by atoms with E-state index in [1.54, 1.807) is 14.0 Å². The largest absolute Gasteiger partial charge is 0.340 e. The third-order valence-corrected chi connectivity index (χ3v) is 4.27. The van der Waals surface area contributed by atoms with Crippen LogP contribution in [0.1, 0.15) is 17.3 Å². The fourth-order valence-electron chi connectivity index (χ4n) is 1.68. The average molecular weight is 315 g/mol. The van der Waals surface area contributed by atoms with Crippen LogP contribution in [-0.4, -0.2) is 39.1 Å². The number of amides is 1. The monoisotopic (exact) mass is 314 g/mol. The maximum atomic E-state index is 12.2. The molecule has 0 saturated carbocycles. The molecule has 5 nitrogen and oxygen atoms in total. The first-order valence-electron chi connectivity index (χ1n) is 5.81. The minimum atomic E-state index is -3.50. The van der Waals surface area contributed by atoms with Gasteiger partial charge in [0.05, 0.1) is 21.9 Å². The second-order valence-corrected chi connectivity index (χ2v) is 7.02. The van der Waals surface area contributed by atoms with Gasteiger partial charge in [-0.25, -0.2) is 8.42 Å². The predicted molar refractivity (Wildman–Crippen MR) is 76.3 cm³/mol. The van der Waals surface area contributed by atoms with Crippen LogP contribution in [0.3, 0.4) is 0 Å². The van der Waals surface area contributed by atoms with Gasteiger partial charge in [0.25, 0.3) is 5.91 Å². The van der Waals surface area contributed by atoms with Crippen molar-refractivity contribution in [1.82, 2.24) is 4.90 Å². The van der Waals surface area contributed by atoms with Crippen molar-refractivity contribution in [2.45, 2.75) is 11.8 Å². The van der Waals surface area contributed by atoms with Gasteiger partial charge in [0.1, 0.15) is 0 Å². The summed E-state index contributed by atoms with van der Waals surface area (Å²) >= 11 is 5.82. The Morgan fingerprint density at radius 1 is 1.50 bits per heavy atom. The summed E-state index contributed by atoms with van der Waals surface area (Å²) in [5, 5.41) is 8.82. The van der Waals surface area contributed by atoms with Gasteiger partial charge in [-0.15, -0.1) is 0 Å². The molecule has 20 heavy (non-hydrogen) atoms. The molecular formula is C13H15ClN2O3S. The van der Waals surface area contributed by atoms with Crippen LogP contribution >= 0.6 is 11.6 Å². The Kier molecular flexibility index (Phi) is 5.15. The van der Waals surface area contributed by atoms with E-state index in [1.165, 1.54) is 23.1 Å². The summed E-state index contributed by atoms with van der Waals surface area (Å²) in [4.78, 5) is 13.5. The van der Waals surface area contributed by atoms with Gasteiger partial charge in [-0.2, -0.15) is 5.26 Å². The lowest BCUT2D eigenvalue weighted by Gasteiger charge is -2.18. The second kappa shape index (κ2) is 6.25. The summed E-state index contributed by atoms with van der Waals surface area (Å²) in [6, 6.07) is 6.14. The molecule has 0 aliphatic rings. The number of carbonyl (C=O) groups is 1. The zero-order chi connectivity index (χ0) is 15.5. The zero-order valence-corrected chi connectivity index (χ0v) is 13.0. The van der Waals surface area contributed by atoms with Crippen molar-refractivity contribution in [2.24, 2.45) is 5.92 Å². The molecule has 1 aromatic rings. The maximum Gasteiger partial charge on any atom is 0.253 e. The van der Waals surface area contributed by atoms with Crippen molar-refractivity contribution in [1.29, 1.82) is 5.26 Å². The van der Waals surface area contributed by atoms with Gasteiger partial charge in [0, 0.05) is 25.4 Å². The summed E-state index contributed by atoms with van der Waals surface area (Å²) in [5.74, 6) is -0.653. The van der Waals surface area contributed by atoms with Crippen LogP contribution in [0.15, 0.2) is 23.1 Å². The van der Waals surface area contributed by atoms with Crippen LogP contribution in [0.2, 0.25) is 5.02 Å². The molecule has 7 heteroatoms. The van der Waals surface area contributed by atoms with Crippen molar-refractivity contribution in [3.63, 3.8) is 0 Å². The van der Waals surface area contributed by atoms with E-state index in [0.29, 0.717) is 0 Å². The van der Waals surface area contributed by atoms with E-state index >= 15 is 0 Å². The van der Waals surface area contributed by atoms with Crippen LogP contribution < -0.4 is 0 Å². The normalized spacial score (nSPS) is 12.6. The number of carbonyl (C=O) groups excluding carboxylic acids is 1. The Hall–Kier alpha value is -1.58. The first kappa shape index (κ1) is 16.5. The fraction of sp³-hybridized carbons (Fsp3) is 0.385. The topological polar surface area (TPSA) is 78.2 Å². The third-order valence-electron chi connectivity index (χ3n) is 2.69. The Balaban J connectivity index is 3.10. The number of rotatable bonds is 4. The number of hydrogen-bond acceptors (Lipinski definition) is 4. The molecule has 0 aliphatic heterocycles. The van der Waals surface area contributed by atoms with Crippen molar-refractivity contribution < 1.29 is 13.2 Å². The number of benzene rings is 1. The molecule has 0 heterocycles. The average Bonchev–Trinajstić information content (AvgIpc) is 2.36. The molecule has 0 fully saturated rings. The molecular weight excluding hydrogens is 300 g/mol. The van der Waals surface area contributed by atoms with Gasteiger partial charge in [0.2, 0.25) is 0 Å². The lowest BCUT2D eigenvalue weighted by atomic mass is 10.1. The highest BCUT2D eigenvalue weighted by Gasteiger charge is 2.19. The first-order chi connectivity index (χ1) is 9.16. The predicted octanol–water partition coefficient (Wildman–Crippen LogP) is 1.98. The van der Waals surface area contributed by atoms with Crippen LogP contribution in [0.4, 0.5) is 0 Å². The van der Waals surface area contributed by atoms with Crippen LogP contribution in [-0.2, 0) is 9.84 Å². The molecule has 0 aliphatic carbocycles. The molecule has 1 rings (SSSR count). The fourth-order valence-corrected chi connectivity index (χ4v) is 2.98. The molecule has 1 aromatic carbocycles. The second-order valence-electron chi connectivity index (χ2n) is 4.63. The van der Waals surface area contributed by atoms with Gasteiger partial charge < -0.3 is 4.90 Å². The highest BCUT2D eigenvalue weighted by atomic mass is 35.5. The Morgan fingerprint density at radius 3 is 2.60 bits per heavy atom. The van der Waals surface area contributed by atoms with Gasteiger partial charge >= 0.3 is 0 Å². The van der Waals surface area contributed by atoms with Gasteiger partial charge in [-0.05, 0) is 25.1 Å². The van der Waals surface area contributed by atoms with E-state index in [2.05, 4.69) is 0 Å². The number of halogens is 1. The SMILES string of the molecule is CC(C#N)CN(C)C(=O)c1ccc(Cl)c(S(C)(=O)=O)c1. The molecule has 0 N–H and O–H groups in total. The van der Waals surface area contributed by atoms with Gasteiger partial charge in [-0.1, -0.05) is 11.6 Å². The van der Waals surface area contributed by atoms with E-state index < -0.39 is 9.84 Å². The molecule has 0 bridgehead atoms. The molecule has 0 spiro atoms. The Labute approximate surface area is 123 Å². The lowest BCUT2D eigenvalue weighted by molar-refractivity contribution is 0.0785. The summed E-state index contributed by atoms with van der Waals surface area (Å²) in [5.41, 5.74) is 0.225. The minimum Gasteiger partial charge on any atom is -0.340 e. The van der Waals surface area contributed by atoms with Crippen molar-refractivity contribution >= 4 is 27.3 Å². The van der Waals surface area contributed by atoms with E-state index in [4.69, 9.17) is 16.9 Å². The summed E-state index contributed by atoms with van der Waals surface area (Å²) in [7, 11) is -1.94. The zero-order valence-electron chi connectivity index (χ0n) is 11.4.